The summed E-state index contributed by atoms with van der Waals surface area (Å²) in [5.74, 6) is 1.30. The van der Waals surface area contributed by atoms with E-state index in [0.29, 0.717) is 53.5 Å². The number of aliphatic hydroxyl groups is 1. The zero-order valence-corrected chi connectivity index (χ0v) is 21.1. The standard InChI is InChI=1S/C27H29N5O6/c1-36-19-11-28-17-3-5-21(34)32-14-27(35,22(19)23(17)32)13-26-8-6-25(7-9-26,15-38-26)29-10-16-2-4-18-24(30-16)31-20(33)12-37-18/h2-5,11,29,35H,6-10,12-15H2,1H3,(H,30,31,33)/t25?,26?,27-/m1/s1. The van der Waals surface area contributed by atoms with Gasteiger partial charge >= 0.3 is 0 Å². The van der Waals surface area contributed by atoms with E-state index in [-0.39, 0.29) is 30.2 Å². The maximum Gasteiger partial charge on any atom is 0.263 e. The number of carbonyl (C=O) groups excluding carboxylic acids is 1. The van der Waals surface area contributed by atoms with Crippen molar-refractivity contribution in [3.05, 3.63) is 52.1 Å². The second-order valence-electron chi connectivity index (χ2n) is 11.0. The van der Waals surface area contributed by atoms with Gasteiger partial charge < -0.3 is 34.5 Å². The largest absolute Gasteiger partial charge is 0.495 e. The van der Waals surface area contributed by atoms with Crippen LogP contribution in [0.5, 0.6) is 11.5 Å². The predicted octanol–water partition coefficient (Wildman–Crippen LogP) is 1.59. The fourth-order valence-corrected chi connectivity index (χ4v) is 6.62. The first kappa shape index (κ1) is 23.6. The summed E-state index contributed by atoms with van der Waals surface area (Å²) >= 11 is 0. The first-order valence-electron chi connectivity index (χ1n) is 12.9. The summed E-state index contributed by atoms with van der Waals surface area (Å²) in [5.41, 5.74) is 0.587. The van der Waals surface area contributed by atoms with Crippen molar-refractivity contribution in [3.8, 4) is 11.5 Å². The number of pyridine rings is 3. The van der Waals surface area contributed by atoms with Crippen LogP contribution in [0.3, 0.4) is 0 Å². The first-order valence-corrected chi connectivity index (χ1v) is 12.9. The van der Waals surface area contributed by atoms with E-state index in [4.69, 9.17) is 14.2 Å². The van der Waals surface area contributed by atoms with Crippen LogP contribution in [0.1, 0.15) is 43.4 Å². The highest BCUT2D eigenvalue weighted by Crippen LogP contribution is 2.52. The van der Waals surface area contributed by atoms with Crippen molar-refractivity contribution in [3.63, 3.8) is 0 Å². The molecule has 2 saturated heterocycles. The van der Waals surface area contributed by atoms with Crippen molar-refractivity contribution in [1.29, 1.82) is 0 Å². The lowest BCUT2D eigenvalue weighted by Crippen LogP contribution is -2.62. The summed E-state index contributed by atoms with van der Waals surface area (Å²) in [5, 5.41) is 18.5. The van der Waals surface area contributed by atoms with Crippen molar-refractivity contribution in [1.82, 2.24) is 19.9 Å². The molecule has 5 aliphatic rings. The molecule has 0 spiro atoms. The average Bonchev–Trinajstić information content (AvgIpc) is 3.24. The van der Waals surface area contributed by atoms with Gasteiger partial charge in [-0.2, -0.15) is 0 Å². The predicted molar refractivity (Wildman–Crippen MR) is 136 cm³/mol. The molecule has 38 heavy (non-hydrogen) atoms. The molecule has 1 atom stereocenters. The molecule has 0 unspecified atom stereocenters. The van der Waals surface area contributed by atoms with E-state index >= 15 is 0 Å². The minimum absolute atomic E-state index is 0.00521. The highest BCUT2D eigenvalue weighted by atomic mass is 16.5. The third-order valence-corrected chi connectivity index (χ3v) is 8.64. The number of nitrogens with zero attached hydrogens (tertiary/aromatic N) is 3. The molecule has 0 radical (unpaired) electrons. The van der Waals surface area contributed by atoms with Crippen molar-refractivity contribution < 1.29 is 24.1 Å². The number of methoxy groups -OCH3 is 1. The number of hydrogen-bond donors (Lipinski definition) is 3. The Labute approximate surface area is 218 Å². The molecule has 4 aliphatic heterocycles. The summed E-state index contributed by atoms with van der Waals surface area (Å²) < 4.78 is 19.1. The number of amides is 1. The van der Waals surface area contributed by atoms with E-state index in [1.165, 1.54) is 6.07 Å². The zero-order valence-electron chi connectivity index (χ0n) is 21.1. The lowest BCUT2D eigenvalue weighted by atomic mass is 9.67. The van der Waals surface area contributed by atoms with Crippen LogP contribution in [0.2, 0.25) is 0 Å². The number of aromatic nitrogens is 3. The van der Waals surface area contributed by atoms with E-state index in [1.54, 1.807) is 23.9 Å². The number of ether oxygens (including phenoxy) is 3. The number of fused-ring (bicyclic) bond motifs is 4. The summed E-state index contributed by atoms with van der Waals surface area (Å²) in [4.78, 5) is 33.3. The lowest BCUT2D eigenvalue weighted by molar-refractivity contribution is -0.192. The highest BCUT2D eigenvalue weighted by molar-refractivity contribution is 5.94. The molecule has 3 aromatic heterocycles. The van der Waals surface area contributed by atoms with Crippen molar-refractivity contribution in [2.45, 2.75) is 61.9 Å². The van der Waals surface area contributed by atoms with Crippen molar-refractivity contribution in [2.24, 2.45) is 0 Å². The van der Waals surface area contributed by atoms with Crippen LogP contribution in [0.25, 0.3) is 11.0 Å². The summed E-state index contributed by atoms with van der Waals surface area (Å²) in [6.45, 7) is 1.21. The Hall–Kier alpha value is -3.54. The van der Waals surface area contributed by atoms with Crippen LogP contribution in [-0.4, -0.2) is 57.0 Å². The molecule has 7 heterocycles. The van der Waals surface area contributed by atoms with Gasteiger partial charge in [0.1, 0.15) is 11.4 Å². The van der Waals surface area contributed by atoms with Gasteiger partial charge in [0.15, 0.2) is 18.2 Å². The molecule has 198 valence electrons. The number of carbonyl (C=O) groups is 1. The van der Waals surface area contributed by atoms with Crippen LogP contribution in [0.15, 0.2) is 35.3 Å². The van der Waals surface area contributed by atoms with Crippen molar-refractivity contribution in [2.75, 3.05) is 25.6 Å². The smallest absolute Gasteiger partial charge is 0.263 e. The van der Waals surface area contributed by atoms with Gasteiger partial charge in [-0.25, -0.2) is 4.98 Å². The van der Waals surface area contributed by atoms with Gasteiger partial charge in [0.05, 0.1) is 54.4 Å². The fourth-order valence-electron chi connectivity index (χ4n) is 6.62. The molecule has 3 N–H and O–H groups in total. The minimum atomic E-state index is -1.30. The van der Waals surface area contributed by atoms with Gasteiger partial charge in [-0.1, -0.05) is 0 Å². The summed E-state index contributed by atoms with van der Waals surface area (Å²) in [7, 11) is 1.55. The van der Waals surface area contributed by atoms with Crippen molar-refractivity contribution >= 4 is 22.8 Å². The topological polar surface area (TPSA) is 137 Å². The number of rotatable bonds is 6. The van der Waals surface area contributed by atoms with Crippen LogP contribution >= 0.6 is 0 Å². The number of nitrogens with one attached hydrogen (secondary N) is 2. The van der Waals surface area contributed by atoms with E-state index in [2.05, 4.69) is 20.6 Å². The van der Waals surface area contributed by atoms with Gasteiger partial charge in [0, 0.05) is 24.6 Å². The maximum atomic E-state index is 12.7. The Kier molecular flexibility index (Phi) is 5.10. The molecule has 3 fully saturated rings. The zero-order chi connectivity index (χ0) is 26.1. The Bertz CT molecular complexity index is 1510. The molecule has 1 aliphatic carbocycles. The molecule has 11 heteroatoms. The maximum absolute atomic E-state index is 12.7. The highest BCUT2D eigenvalue weighted by Gasteiger charge is 2.55. The average molecular weight is 520 g/mol. The molecular formula is C27H29N5O6. The first-order chi connectivity index (χ1) is 18.3. The van der Waals surface area contributed by atoms with Gasteiger partial charge in [0.25, 0.3) is 11.5 Å². The van der Waals surface area contributed by atoms with Crippen LogP contribution < -0.4 is 25.7 Å². The van der Waals surface area contributed by atoms with Gasteiger partial charge in [-0.15, -0.1) is 0 Å². The molecular weight excluding hydrogens is 490 g/mol. The Morgan fingerprint density at radius 3 is 2.79 bits per heavy atom. The Morgan fingerprint density at radius 2 is 2.03 bits per heavy atom. The van der Waals surface area contributed by atoms with Crippen LogP contribution in [0.4, 0.5) is 5.82 Å². The van der Waals surface area contributed by atoms with E-state index < -0.39 is 11.2 Å². The Balaban J connectivity index is 1.08. The quantitative estimate of drug-likeness (QED) is 0.443. The molecule has 1 amide bonds. The number of hydrogen-bond acceptors (Lipinski definition) is 9. The minimum Gasteiger partial charge on any atom is -0.495 e. The Morgan fingerprint density at radius 1 is 1.18 bits per heavy atom. The summed E-state index contributed by atoms with van der Waals surface area (Å²) in [6.07, 6.45) is 5.34. The van der Waals surface area contributed by atoms with Gasteiger partial charge in [-0.3, -0.25) is 14.6 Å². The van der Waals surface area contributed by atoms with Gasteiger partial charge in [-0.05, 0) is 43.9 Å². The molecule has 1 saturated carbocycles. The molecule has 2 bridgehead atoms. The SMILES string of the molecule is COc1cnc2ccc(=O)n3c2c1[C@@](O)(CC12CCC(NCc4ccc5c(n4)NC(=O)CO5)(CC1)CO2)C3. The summed E-state index contributed by atoms with van der Waals surface area (Å²) in [6, 6.07) is 6.91. The molecule has 3 aromatic rings. The molecule has 8 rings (SSSR count). The number of anilines is 1. The second kappa shape index (κ2) is 8.23. The third-order valence-electron chi connectivity index (χ3n) is 8.64. The second-order valence-corrected chi connectivity index (χ2v) is 11.0. The van der Waals surface area contributed by atoms with E-state index in [0.717, 1.165) is 31.4 Å². The van der Waals surface area contributed by atoms with Gasteiger partial charge in [0.2, 0.25) is 0 Å². The van der Waals surface area contributed by atoms with E-state index in [9.17, 15) is 14.7 Å². The third kappa shape index (κ3) is 3.60. The fraction of sp³-hybridized carbons (Fsp3) is 0.481. The molecule has 0 aromatic carbocycles. The lowest BCUT2D eigenvalue weighted by Gasteiger charge is -2.55. The molecule has 11 nitrogen and oxygen atoms in total. The normalized spacial score (nSPS) is 29.2. The van der Waals surface area contributed by atoms with Crippen LogP contribution in [0, 0.1) is 0 Å². The van der Waals surface area contributed by atoms with Crippen LogP contribution in [-0.2, 0) is 28.2 Å². The van der Waals surface area contributed by atoms with E-state index in [1.807, 2.05) is 12.1 Å². The monoisotopic (exact) mass is 519 g/mol.